The predicted octanol–water partition coefficient (Wildman–Crippen LogP) is 2.66. The van der Waals surface area contributed by atoms with Gasteiger partial charge in [-0.15, -0.1) is 0 Å². The van der Waals surface area contributed by atoms with Crippen LogP contribution in [0.25, 0.3) is 0 Å². The van der Waals surface area contributed by atoms with Crippen LogP contribution in [0.2, 0.25) is 0 Å². The topological polar surface area (TPSA) is 24.5 Å². The highest BCUT2D eigenvalue weighted by atomic mass is 16.5. The van der Waals surface area contributed by atoms with E-state index in [0.717, 1.165) is 13.2 Å². The van der Waals surface area contributed by atoms with E-state index >= 15 is 0 Å². The number of unbranched alkanes of at least 4 members (excludes halogenated alkanes) is 2. The van der Waals surface area contributed by atoms with Crippen LogP contribution in [0.3, 0.4) is 0 Å². The zero-order valence-corrected chi connectivity index (χ0v) is 12.4. The van der Waals surface area contributed by atoms with E-state index in [1.54, 1.807) is 0 Å². The van der Waals surface area contributed by atoms with Gasteiger partial charge in [0.25, 0.3) is 0 Å². The maximum atomic E-state index is 5.77. The average molecular weight is 256 g/mol. The quantitative estimate of drug-likeness (QED) is 0.608. The van der Waals surface area contributed by atoms with E-state index in [-0.39, 0.29) is 0 Å². The summed E-state index contributed by atoms with van der Waals surface area (Å²) in [5.74, 6) is 0. The Hall–Kier alpha value is -0.120. The van der Waals surface area contributed by atoms with Crippen LogP contribution in [0.4, 0.5) is 0 Å². The van der Waals surface area contributed by atoms with E-state index in [1.807, 2.05) is 0 Å². The van der Waals surface area contributed by atoms with Crippen LogP contribution in [-0.2, 0) is 4.74 Å². The van der Waals surface area contributed by atoms with Gasteiger partial charge in [-0.2, -0.15) is 0 Å². The zero-order valence-electron chi connectivity index (χ0n) is 12.4. The fourth-order valence-corrected chi connectivity index (χ4v) is 2.50. The molecule has 1 N–H and O–H groups in total. The number of rotatable bonds is 10. The Kier molecular flexibility index (Phi) is 9.54. The molecule has 3 heteroatoms. The summed E-state index contributed by atoms with van der Waals surface area (Å²) < 4.78 is 5.77. The molecule has 0 saturated carbocycles. The largest absolute Gasteiger partial charge is 0.377 e. The molecule has 1 heterocycles. The van der Waals surface area contributed by atoms with Gasteiger partial charge >= 0.3 is 0 Å². The van der Waals surface area contributed by atoms with Gasteiger partial charge < -0.3 is 15.0 Å². The first-order valence-corrected chi connectivity index (χ1v) is 7.83. The van der Waals surface area contributed by atoms with E-state index in [9.17, 15) is 0 Å². The molecular weight excluding hydrogens is 224 g/mol. The Balaban J connectivity index is 1.88. The molecule has 0 radical (unpaired) electrons. The van der Waals surface area contributed by atoms with Gasteiger partial charge in [-0.05, 0) is 65.2 Å². The van der Waals surface area contributed by atoms with Crippen LogP contribution in [0.1, 0.15) is 51.9 Å². The molecule has 0 aliphatic carbocycles. The first-order valence-electron chi connectivity index (χ1n) is 7.83. The Morgan fingerprint density at radius 1 is 1.17 bits per heavy atom. The van der Waals surface area contributed by atoms with Gasteiger partial charge in [0, 0.05) is 13.2 Å². The van der Waals surface area contributed by atoms with Gasteiger partial charge in [0.2, 0.25) is 0 Å². The summed E-state index contributed by atoms with van der Waals surface area (Å²) in [6.45, 7) is 7.88. The summed E-state index contributed by atoms with van der Waals surface area (Å²) in [6, 6.07) is 0. The van der Waals surface area contributed by atoms with Crippen molar-refractivity contribution in [3.05, 3.63) is 0 Å². The summed E-state index contributed by atoms with van der Waals surface area (Å²) in [7, 11) is 2.23. The Morgan fingerprint density at radius 2 is 2.06 bits per heavy atom. The fourth-order valence-electron chi connectivity index (χ4n) is 2.50. The molecule has 108 valence electrons. The van der Waals surface area contributed by atoms with Crippen LogP contribution >= 0.6 is 0 Å². The van der Waals surface area contributed by atoms with Crippen molar-refractivity contribution in [2.75, 3.05) is 39.8 Å². The molecule has 0 amide bonds. The maximum absolute atomic E-state index is 5.77. The number of likely N-dealkylation sites (N-methyl/N-ethyl adjacent to an activating group) is 1. The van der Waals surface area contributed by atoms with Gasteiger partial charge in [0.05, 0.1) is 6.10 Å². The van der Waals surface area contributed by atoms with E-state index in [4.69, 9.17) is 4.74 Å². The summed E-state index contributed by atoms with van der Waals surface area (Å²) >= 11 is 0. The van der Waals surface area contributed by atoms with Crippen molar-refractivity contribution < 1.29 is 4.74 Å². The van der Waals surface area contributed by atoms with Crippen molar-refractivity contribution in [1.29, 1.82) is 0 Å². The molecule has 1 rings (SSSR count). The zero-order chi connectivity index (χ0) is 13.1. The summed E-state index contributed by atoms with van der Waals surface area (Å²) in [5, 5.41) is 3.46. The standard InChI is InChI=1S/C15H32N2O/c1-3-10-16-11-6-4-7-12-17(2)14-15-9-5-8-13-18-15/h15-16H,3-14H2,1-2H3. The summed E-state index contributed by atoms with van der Waals surface area (Å²) in [6.07, 6.45) is 9.56. The molecule has 18 heavy (non-hydrogen) atoms. The minimum Gasteiger partial charge on any atom is -0.377 e. The van der Waals surface area contributed by atoms with Gasteiger partial charge in [-0.25, -0.2) is 0 Å². The summed E-state index contributed by atoms with van der Waals surface area (Å²) in [5.41, 5.74) is 0. The second-order valence-electron chi connectivity index (χ2n) is 5.56. The minimum absolute atomic E-state index is 0.495. The predicted molar refractivity (Wildman–Crippen MR) is 78.1 cm³/mol. The lowest BCUT2D eigenvalue weighted by Crippen LogP contribution is -2.33. The van der Waals surface area contributed by atoms with Crippen molar-refractivity contribution in [2.45, 2.75) is 58.0 Å². The van der Waals surface area contributed by atoms with Crippen LogP contribution < -0.4 is 5.32 Å². The highest BCUT2D eigenvalue weighted by Crippen LogP contribution is 2.13. The smallest absolute Gasteiger partial charge is 0.0701 e. The van der Waals surface area contributed by atoms with Crippen molar-refractivity contribution in [2.24, 2.45) is 0 Å². The highest BCUT2D eigenvalue weighted by molar-refractivity contribution is 4.67. The van der Waals surface area contributed by atoms with Gasteiger partial charge in [0.15, 0.2) is 0 Å². The van der Waals surface area contributed by atoms with Crippen molar-refractivity contribution >= 4 is 0 Å². The number of ether oxygens (including phenoxy) is 1. The highest BCUT2D eigenvalue weighted by Gasteiger charge is 2.15. The lowest BCUT2D eigenvalue weighted by Gasteiger charge is -2.27. The van der Waals surface area contributed by atoms with E-state index in [0.29, 0.717) is 6.10 Å². The molecule has 0 spiro atoms. The number of hydrogen-bond acceptors (Lipinski definition) is 3. The third kappa shape index (κ3) is 8.06. The molecule has 0 aromatic carbocycles. The van der Waals surface area contributed by atoms with Crippen molar-refractivity contribution in [1.82, 2.24) is 10.2 Å². The molecule has 3 nitrogen and oxygen atoms in total. The SMILES string of the molecule is CCCNCCCCCN(C)CC1CCCCO1. The molecule has 1 unspecified atom stereocenters. The number of hydrogen-bond donors (Lipinski definition) is 1. The Morgan fingerprint density at radius 3 is 2.78 bits per heavy atom. The monoisotopic (exact) mass is 256 g/mol. The van der Waals surface area contributed by atoms with E-state index in [2.05, 4.69) is 24.2 Å². The molecule has 0 bridgehead atoms. The molecular formula is C15H32N2O. The third-order valence-corrected chi connectivity index (χ3v) is 3.61. The van der Waals surface area contributed by atoms with Crippen LogP contribution in [0, 0.1) is 0 Å². The van der Waals surface area contributed by atoms with Crippen molar-refractivity contribution in [3.63, 3.8) is 0 Å². The second-order valence-corrected chi connectivity index (χ2v) is 5.56. The number of nitrogens with zero attached hydrogens (tertiary/aromatic N) is 1. The lowest BCUT2D eigenvalue weighted by molar-refractivity contribution is -0.00160. The first kappa shape index (κ1) is 15.9. The van der Waals surface area contributed by atoms with Gasteiger partial charge in [0.1, 0.15) is 0 Å². The van der Waals surface area contributed by atoms with Crippen molar-refractivity contribution in [3.8, 4) is 0 Å². The third-order valence-electron chi connectivity index (χ3n) is 3.61. The molecule has 1 aliphatic heterocycles. The molecule has 1 saturated heterocycles. The van der Waals surface area contributed by atoms with Gasteiger partial charge in [-0.3, -0.25) is 0 Å². The van der Waals surface area contributed by atoms with Crippen LogP contribution in [0.5, 0.6) is 0 Å². The Bertz CT molecular complexity index is 181. The fraction of sp³-hybridized carbons (Fsp3) is 1.00. The summed E-state index contributed by atoms with van der Waals surface area (Å²) in [4.78, 5) is 2.44. The molecule has 1 aliphatic rings. The molecule has 1 fully saturated rings. The van der Waals surface area contributed by atoms with E-state index < -0.39 is 0 Å². The molecule has 1 atom stereocenters. The van der Waals surface area contributed by atoms with Crippen LogP contribution in [-0.4, -0.2) is 50.8 Å². The number of nitrogens with one attached hydrogen (secondary N) is 1. The maximum Gasteiger partial charge on any atom is 0.0701 e. The Labute approximate surface area is 113 Å². The second kappa shape index (κ2) is 10.8. The minimum atomic E-state index is 0.495. The normalized spacial score (nSPS) is 20.5. The van der Waals surface area contributed by atoms with Crippen LogP contribution in [0.15, 0.2) is 0 Å². The average Bonchev–Trinajstić information content (AvgIpc) is 2.39. The van der Waals surface area contributed by atoms with E-state index in [1.165, 1.54) is 64.6 Å². The molecule has 0 aromatic rings. The first-order chi connectivity index (χ1) is 8.83. The molecule has 0 aromatic heterocycles. The van der Waals surface area contributed by atoms with Gasteiger partial charge in [-0.1, -0.05) is 13.3 Å². The lowest BCUT2D eigenvalue weighted by atomic mass is 10.1.